The van der Waals surface area contributed by atoms with Crippen LogP contribution in [0, 0.1) is 6.92 Å². The zero-order chi connectivity index (χ0) is 23.5. The monoisotopic (exact) mass is 449 g/mol. The Labute approximate surface area is 189 Å². The third kappa shape index (κ3) is 4.22. The molecule has 3 heterocycles. The summed E-state index contributed by atoms with van der Waals surface area (Å²) in [4.78, 5) is 32.8. The second-order valence-electron chi connectivity index (χ2n) is 7.13. The Bertz CT molecular complexity index is 1350. The fourth-order valence-electron chi connectivity index (χ4n) is 3.45. The number of amides is 1. The molecule has 1 aromatic carbocycles. The number of nitrogens with zero attached hydrogens (tertiary/aromatic N) is 3. The average molecular weight is 449 g/mol. The van der Waals surface area contributed by atoms with Crippen LogP contribution in [-0.2, 0) is 6.42 Å². The number of anilines is 1. The van der Waals surface area contributed by atoms with Gasteiger partial charge in [-0.15, -0.1) is 0 Å². The van der Waals surface area contributed by atoms with Gasteiger partial charge in [-0.25, -0.2) is 4.98 Å². The van der Waals surface area contributed by atoms with Gasteiger partial charge in [0.05, 0.1) is 20.5 Å². The molecule has 10 heteroatoms. The minimum absolute atomic E-state index is 0.176. The van der Waals surface area contributed by atoms with Crippen molar-refractivity contribution in [2.75, 3.05) is 19.5 Å². The van der Waals surface area contributed by atoms with Gasteiger partial charge < -0.3 is 19.2 Å². The number of aromatic nitrogens is 4. The van der Waals surface area contributed by atoms with E-state index in [0.717, 1.165) is 0 Å². The molecule has 0 radical (unpaired) electrons. The number of benzene rings is 1. The molecule has 4 aromatic rings. The van der Waals surface area contributed by atoms with E-state index >= 15 is 0 Å². The zero-order valence-electron chi connectivity index (χ0n) is 18.6. The molecule has 2 N–H and O–H groups in total. The summed E-state index contributed by atoms with van der Waals surface area (Å²) in [6, 6.07) is 9.95. The van der Waals surface area contributed by atoms with E-state index in [2.05, 4.69) is 20.4 Å². The molecule has 0 saturated heterocycles. The van der Waals surface area contributed by atoms with Gasteiger partial charge in [-0.1, -0.05) is 6.92 Å². The van der Waals surface area contributed by atoms with Crippen molar-refractivity contribution in [2.45, 2.75) is 20.3 Å². The zero-order valence-corrected chi connectivity index (χ0v) is 18.6. The molecule has 1 amide bonds. The number of aryl methyl sites for hydroxylation is 1. The van der Waals surface area contributed by atoms with Crippen LogP contribution in [0.3, 0.4) is 0 Å². The lowest BCUT2D eigenvalue weighted by atomic mass is 10.2. The molecular formula is C23H23N5O5. The quantitative estimate of drug-likeness (QED) is 0.443. The van der Waals surface area contributed by atoms with Gasteiger partial charge in [0.2, 0.25) is 5.95 Å². The second-order valence-corrected chi connectivity index (χ2v) is 7.13. The van der Waals surface area contributed by atoms with Crippen LogP contribution in [0.5, 0.6) is 11.5 Å². The molecule has 0 bridgehead atoms. The highest BCUT2D eigenvalue weighted by molar-refractivity contribution is 6.04. The van der Waals surface area contributed by atoms with Crippen LogP contribution in [0.15, 0.2) is 51.9 Å². The number of rotatable bonds is 7. The number of methoxy groups -OCH3 is 2. The summed E-state index contributed by atoms with van der Waals surface area (Å²) in [5.74, 6) is 1.49. The largest absolute Gasteiger partial charge is 0.493 e. The van der Waals surface area contributed by atoms with Crippen LogP contribution < -0.4 is 20.3 Å². The molecule has 170 valence electrons. The molecule has 3 aromatic heterocycles. The third-order valence-corrected chi connectivity index (χ3v) is 5.13. The molecule has 0 atom stereocenters. The average Bonchev–Trinajstić information content (AvgIpc) is 3.48. The van der Waals surface area contributed by atoms with E-state index in [4.69, 9.17) is 13.9 Å². The number of hydrogen-bond donors (Lipinski definition) is 2. The van der Waals surface area contributed by atoms with Crippen LogP contribution in [0.2, 0.25) is 0 Å². The summed E-state index contributed by atoms with van der Waals surface area (Å²) >= 11 is 0. The van der Waals surface area contributed by atoms with Gasteiger partial charge in [-0.2, -0.15) is 9.78 Å². The predicted octanol–water partition coefficient (Wildman–Crippen LogP) is 3.36. The summed E-state index contributed by atoms with van der Waals surface area (Å²) in [7, 11) is 3.01. The molecule has 33 heavy (non-hydrogen) atoms. The number of aromatic amines is 1. The summed E-state index contributed by atoms with van der Waals surface area (Å²) in [5, 5.41) is 7.32. The highest BCUT2D eigenvalue weighted by atomic mass is 16.5. The maximum Gasteiger partial charge on any atom is 0.256 e. The van der Waals surface area contributed by atoms with Crippen LogP contribution in [0.4, 0.5) is 5.82 Å². The number of carbonyl (C=O) groups is 1. The van der Waals surface area contributed by atoms with E-state index in [1.54, 1.807) is 43.3 Å². The van der Waals surface area contributed by atoms with Crippen LogP contribution in [0.25, 0.3) is 17.4 Å². The molecule has 4 rings (SSSR count). The van der Waals surface area contributed by atoms with Crippen LogP contribution >= 0.6 is 0 Å². The smallest absolute Gasteiger partial charge is 0.256 e. The topological polar surface area (TPSA) is 124 Å². The van der Waals surface area contributed by atoms with Gasteiger partial charge in [0.15, 0.2) is 17.3 Å². The molecule has 0 saturated carbocycles. The first-order valence-corrected chi connectivity index (χ1v) is 10.2. The molecule has 0 unspecified atom stereocenters. The van der Waals surface area contributed by atoms with E-state index in [9.17, 15) is 9.59 Å². The van der Waals surface area contributed by atoms with E-state index in [1.165, 1.54) is 25.2 Å². The van der Waals surface area contributed by atoms with Crippen molar-refractivity contribution in [3.8, 4) is 28.9 Å². The fraction of sp³-hybridized carbons (Fsp3) is 0.217. The Balaban J connectivity index is 1.76. The maximum absolute atomic E-state index is 13.0. The normalized spacial score (nSPS) is 10.8. The van der Waals surface area contributed by atoms with Gasteiger partial charge >= 0.3 is 0 Å². The maximum atomic E-state index is 13.0. The summed E-state index contributed by atoms with van der Waals surface area (Å²) in [5.41, 5.74) is 1.73. The van der Waals surface area contributed by atoms with Gasteiger partial charge in [-0.05, 0) is 43.7 Å². The van der Waals surface area contributed by atoms with E-state index in [0.29, 0.717) is 52.0 Å². The summed E-state index contributed by atoms with van der Waals surface area (Å²) in [6.45, 7) is 3.65. The minimum atomic E-state index is -0.410. The standard InChI is InChI=1S/C23H23N5O5/c1-5-15-13(2)24-23(26-22(15)30)28-20(12-16(27-28)17-7-6-10-33-17)25-21(29)14-8-9-18(31-3)19(11-14)32-4/h6-12H,5H2,1-4H3,(H,25,29)(H,24,26,30). The van der Waals surface area contributed by atoms with E-state index in [-0.39, 0.29) is 11.5 Å². The van der Waals surface area contributed by atoms with Gasteiger partial charge in [0.25, 0.3) is 11.5 Å². The molecule has 0 aliphatic heterocycles. The fourth-order valence-corrected chi connectivity index (χ4v) is 3.45. The van der Waals surface area contributed by atoms with Crippen molar-refractivity contribution >= 4 is 11.7 Å². The highest BCUT2D eigenvalue weighted by Crippen LogP contribution is 2.29. The molecule has 0 spiro atoms. The first kappa shape index (κ1) is 21.9. The van der Waals surface area contributed by atoms with Crippen molar-refractivity contribution < 1.29 is 18.7 Å². The van der Waals surface area contributed by atoms with Gasteiger partial charge in [0.1, 0.15) is 11.5 Å². The molecular weight excluding hydrogens is 426 g/mol. The number of ether oxygens (including phenoxy) is 2. The van der Waals surface area contributed by atoms with Gasteiger partial charge in [-0.3, -0.25) is 14.6 Å². The Morgan fingerprint density at radius 3 is 2.61 bits per heavy atom. The minimum Gasteiger partial charge on any atom is -0.493 e. The van der Waals surface area contributed by atoms with E-state index in [1.807, 2.05) is 6.92 Å². The predicted molar refractivity (Wildman–Crippen MR) is 121 cm³/mol. The first-order valence-electron chi connectivity index (χ1n) is 10.2. The lowest BCUT2D eigenvalue weighted by Crippen LogP contribution is -2.22. The first-order chi connectivity index (χ1) is 15.9. The van der Waals surface area contributed by atoms with Crippen LogP contribution in [-0.4, -0.2) is 39.9 Å². The Morgan fingerprint density at radius 2 is 1.97 bits per heavy atom. The van der Waals surface area contributed by atoms with Crippen molar-refractivity contribution in [1.82, 2.24) is 19.7 Å². The van der Waals surface area contributed by atoms with Crippen molar-refractivity contribution in [2.24, 2.45) is 0 Å². The third-order valence-electron chi connectivity index (χ3n) is 5.13. The lowest BCUT2D eigenvalue weighted by molar-refractivity contribution is 0.102. The summed E-state index contributed by atoms with van der Waals surface area (Å²) in [6.07, 6.45) is 2.07. The van der Waals surface area contributed by atoms with Gasteiger partial charge in [0, 0.05) is 22.9 Å². The lowest BCUT2D eigenvalue weighted by Gasteiger charge is -2.11. The van der Waals surface area contributed by atoms with Crippen molar-refractivity contribution in [1.29, 1.82) is 0 Å². The Kier molecular flexibility index (Phi) is 5.99. The number of carbonyl (C=O) groups excluding carboxylic acids is 1. The summed E-state index contributed by atoms with van der Waals surface area (Å²) < 4.78 is 17.3. The number of furan rings is 1. The van der Waals surface area contributed by atoms with Crippen molar-refractivity contribution in [3.63, 3.8) is 0 Å². The molecule has 10 nitrogen and oxygen atoms in total. The Morgan fingerprint density at radius 1 is 1.18 bits per heavy atom. The second kappa shape index (κ2) is 9.03. The molecule has 0 aliphatic rings. The van der Waals surface area contributed by atoms with Crippen molar-refractivity contribution in [3.05, 3.63) is 69.8 Å². The SMILES string of the molecule is CCc1c(C)nc(-n2nc(-c3ccco3)cc2NC(=O)c2ccc(OC)c(OC)c2)[nH]c1=O. The Hall–Kier alpha value is -4.34. The van der Waals surface area contributed by atoms with E-state index < -0.39 is 5.91 Å². The number of nitrogens with one attached hydrogen (secondary N) is 2. The number of H-pyrrole nitrogens is 1. The highest BCUT2D eigenvalue weighted by Gasteiger charge is 2.19. The molecule has 0 aliphatic carbocycles. The number of hydrogen-bond acceptors (Lipinski definition) is 7. The molecule has 0 fully saturated rings. The van der Waals surface area contributed by atoms with Crippen LogP contribution in [0.1, 0.15) is 28.5 Å².